The molecule has 2 aromatic carbocycles. The summed E-state index contributed by atoms with van der Waals surface area (Å²) in [6.07, 6.45) is 0. The van der Waals surface area contributed by atoms with Crippen LogP contribution in [-0.2, 0) is 16.1 Å². The predicted molar refractivity (Wildman–Crippen MR) is 107 cm³/mol. The number of carbonyl (C=O) groups excluding carboxylic acids is 3. The van der Waals surface area contributed by atoms with Gasteiger partial charge in [-0.25, -0.2) is 0 Å². The van der Waals surface area contributed by atoms with Crippen LogP contribution in [0.1, 0.15) is 43.6 Å². The van der Waals surface area contributed by atoms with Gasteiger partial charge in [0.2, 0.25) is 11.8 Å². The standard InChI is InChI=1S/C22H26N2O3/c1-16(2)23(14-19-8-6-5-7-9-19)22(27)15-24(18(4)26)21-12-10-20(11-13-21)17(3)25/h5-13,16H,14-15H2,1-4H3. The van der Waals surface area contributed by atoms with Crippen LogP contribution in [0.2, 0.25) is 0 Å². The molecular formula is C22H26N2O3. The van der Waals surface area contributed by atoms with E-state index in [9.17, 15) is 14.4 Å². The van der Waals surface area contributed by atoms with E-state index in [-0.39, 0.29) is 30.2 Å². The predicted octanol–water partition coefficient (Wildman–Crippen LogP) is 3.68. The summed E-state index contributed by atoms with van der Waals surface area (Å²) in [5.41, 5.74) is 2.21. The van der Waals surface area contributed by atoms with Crippen molar-refractivity contribution >= 4 is 23.3 Å². The lowest BCUT2D eigenvalue weighted by Gasteiger charge is -2.30. The monoisotopic (exact) mass is 366 g/mol. The van der Waals surface area contributed by atoms with Crippen LogP contribution in [-0.4, -0.2) is 35.1 Å². The highest BCUT2D eigenvalue weighted by Crippen LogP contribution is 2.17. The third-order valence-corrected chi connectivity index (χ3v) is 4.40. The fourth-order valence-electron chi connectivity index (χ4n) is 2.83. The number of rotatable bonds is 7. The molecule has 27 heavy (non-hydrogen) atoms. The second-order valence-electron chi connectivity index (χ2n) is 6.81. The van der Waals surface area contributed by atoms with E-state index in [0.717, 1.165) is 5.56 Å². The minimum absolute atomic E-state index is 0.00611. The Morgan fingerprint density at radius 2 is 1.48 bits per heavy atom. The van der Waals surface area contributed by atoms with Crippen molar-refractivity contribution in [1.29, 1.82) is 0 Å². The van der Waals surface area contributed by atoms with Crippen LogP contribution >= 0.6 is 0 Å². The molecule has 142 valence electrons. The highest BCUT2D eigenvalue weighted by atomic mass is 16.2. The molecule has 0 saturated heterocycles. The first-order valence-electron chi connectivity index (χ1n) is 9.02. The first-order valence-corrected chi connectivity index (χ1v) is 9.02. The maximum atomic E-state index is 12.9. The van der Waals surface area contributed by atoms with Crippen molar-refractivity contribution in [2.24, 2.45) is 0 Å². The Hall–Kier alpha value is -2.95. The van der Waals surface area contributed by atoms with Crippen molar-refractivity contribution in [1.82, 2.24) is 4.90 Å². The van der Waals surface area contributed by atoms with Gasteiger partial charge in [-0.15, -0.1) is 0 Å². The highest BCUT2D eigenvalue weighted by molar-refractivity contribution is 5.98. The topological polar surface area (TPSA) is 57.7 Å². The molecular weight excluding hydrogens is 340 g/mol. The summed E-state index contributed by atoms with van der Waals surface area (Å²) in [6, 6.07) is 16.5. The van der Waals surface area contributed by atoms with E-state index < -0.39 is 0 Å². The first-order chi connectivity index (χ1) is 12.8. The summed E-state index contributed by atoms with van der Waals surface area (Å²) in [6.45, 7) is 7.29. The van der Waals surface area contributed by atoms with Crippen molar-refractivity contribution in [3.05, 3.63) is 65.7 Å². The molecule has 0 aromatic heterocycles. The Balaban J connectivity index is 2.18. The van der Waals surface area contributed by atoms with Crippen molar-refractivity contribution in [3.8, 4) is 0 Å². The highest BCUT2D eigenvalue weighted by Gasteiger charge is 2.22. The number of amides is 2. The van der Waals surface area contributed by atoms with Crippen LogP contribution in [0.15, 0.2) is 54.6 Å². The number of hydrogen-bond acceptors (Lipinski definition) is 3. The maximum Gasteiger partial charge on any atom is 0.243 e. The smallest absolute Gasteiger partial charge is 0.243 e. The van der Waals surface area contributed by atoms with Gasteiger partial charge in [-0.3, -0.25) is 14.4 Å². The molecule has 0 aliphatic rings. The lowest BCUT2D eigenvalue weighted by Crippen LogP contribution is -2.44. The van der Waals surface area contributed by atoms with Crippen molar-refractivity contribution in [2.75, 3.05) is 11.4 Å². The molecule has 0 spiro atoms. The molecule has 0 aliphatic heterocycles. The largest absolute Gasteiger partial charge is 0.334 e. The Morgan fingerprint density at radius 1 is 0.889 bits per heavy atom. The average molecular weight is 366 g/mol. The van der Waals surface area contributed by atoms with E-state index in [0.29, 0.717) is 17.8 Å². The molecule has 0 saturated carbocycles. The lowest BCUT2D eigenvalue weighted by molar-refractivity contribution is -0.133. The van der Waals surface area contributed by atoms with E-state index in [4.69, 9.17) is 0 Å². The van der Waals surface area contributed by atoms with E-state index in [1.807, 2.05) is 44.2 Å². The summed E-state index contributed by atoms with van der Waals surface area (Å²) in [7, 11) is 0. The Bertz CT molecular complexity index is 798. The van der Waals surface area contributed by atoms with Crippen molar-refractivity contribution < 1.29 is 14.4 Å². The Kier molecular flexibility index (Phi) is 6.88. The van der Waals surface area contributed by atoms with Gasteiger partial charge in [-0.1, -0.05) is 30.3 Å². The van der Waals surface area contributed by atoms with Gasteiger partial charge in [-0.05, 0) is 50.6 Å². The van der Waals surface area contributed by atoms with Crippen LogP contribution in [0.25, 0.3) is 0 Å². The van der Waals surface area contributed by atoms with Gasteiger partial charge in [0, 0.05) is 30.8 Å². The van der Waals surface area contributed by atoms with Crippen molar-refractivity contribution in [2.45, 2.75) is 40.3 Å². The zero-order valence-electron chi connectivity index (χ0n) is 16.3. The minimum Gasteiger partial charge on any atom is -0.334 e. The molecule has 0 heterocycles. The quantitative estimate of drug-likeness (QED) is 0.703. The number of anilines is 1. The van der Waals surface area contributed by atoms with Crippen LogP contribution in [0, 0.1) is 0 Å². The van der Waals surface area contributed by atoms with Gasteiger partial charge in [0.15, 0.2) is 5.78 Å². The van der Waals surface area contributed by atoms with Crippen LogP contribution in [0.3, 0.4) is 0 Å². The third kappa shape index (κ3) is 5.51. The molecule has 0 N–H and O–H groups in total. The minimum atomic E-state index is -0.220. The van der Waals surface area contributed by atoms with E-state index in [1.165, 1.54) is 18.7 Å². The molecule has 0 atom stereocenters. The SMILES string of the molecule is CC(=O)c1ccc(N(CC(=O)N(Cc2ccccc2)C(C)C)C(C)=O)cc1. The van der Waals surface area contributed by atoms with Gasteiger partial charge >= 0.3 is 0 Å². The van der Waals surface area contributed by atoms with Gasteiger partial charge in [0.1, 0.15) is 6.54 Å². The second-order valence-corrected chi connectivity index (χ2v) is 6.81. The number of benzene rings is 2. The number of ketones is 1. The molecule has 2 aromatic rings. The number of carbonyl (C=O) groups is 3. The number of hydrogen-bond donors (Lipinski definition) is 0. The molecule has 0 radical (unpaired) electrons. The third-order valence-electron chi connectivity index (χ3n) is 4.40. The molecule has 0 bridgehead atoms. The molecule has 5 heteroatoms. The number of nitrogens with zero attached hydrogens (tertiary/aromatic N) is 2. The van der Waals surface area contributed by atoms with Gasteiger partial charge in [0.05, 0.1) is 0 Å². The normalized spacial score (nSPS) is 10.6. The summed E-state index contributed by atoms with van der Waals surface area (Å²) < 4.78 is 0. The van der Waals surface area contributed by atoms with Gasteiger partial charge < -0.3 is 9.80 Å². The van der Waals surface area contributed by atoms with E-state index >= 15 is 0 Å². The molecule has 0 fully saturated rings. The zero-order chi connectivity index (χ0) is 20.0. The molecule has 5 nitrogen and oxygen atoms in total. The van der Waals surface area contributed by atoms with Gasteiger partial charge in [0.25, 0.3) is 0 Å². The molecule has 2 amide bonds. The van der Waals surface area contributed by atoms with Crippen LogP contribution in [0.4, 0.5) is 5.69 Å². The first kappa shape index (κ1) is 20.4. The fourth-order valence-corrected chi connectivity index (χ4v) is 2.83. The maximum absolute atomic E-state index is 12.9. The zero-order valence-corrected chi connectivity index (χ0v) is 16.3. The summed E-state index contributed by atoms with van der Waals surface area (Å²) >= 11 is 0. The van der Waals surface area contributed by atoms with E-state index in [2.05, 4.69) is 0 Å². The van der Waals surface area contributed by atoms with Crippen molar-refractivity contribution in [3.63, 3.8) is 0 Å². The Labute approximate surface area is 160 Å². The lowest BCUT2D eigenvalue weighted by atomic mass is 10.1. The van der Waals surface area contributed by atoms with Crippen LogP contribution < -0.4 is 4.90 Å². The van der Waals surface area contributed by atoms with Gasteiger partial charge in [-0.2, -0.15) is 0 Å². The summed E-state index contributed by atoms with van der Waals surface area (Å²) in [4.78, 5) is 39.7. The average Bonchev–Trinajstić information content (AvgIpc) is 2.64. The fraction of sp³-hybridized carbons (Fsp3) is 0.318. The number of Topliss-reactive ketones (excluding diaryl/α,β-unsaturated/α-hetero) is 1. The second kappa shape index (κ2) is 9.12. The molecule has 2 rings (SSSR count). The van der Waals surface area contributed by atoms with E-state index in [1.54, 1.807) is 29.2 Å². The summed E-state index contributed by atoms with van der Waals surface area (Å²) in [5.74, 6) is -0.386. The van der Waals surface area contributed by atoms with Crippen LogP contribution in [0.5, 0.6) is 0 Å². The molecule has 0 unspecified atom stereocenters. The molecule has 0 aliphatic carbocycles. The summed E-state index contributed by atoms with van der Waals surface area (Å²) in [5, 5.41) is 0. The Morgan fingerprint density at radius 3 is 1.96 bits per heavy atom.